The molecule has 3 nitrogen and oxygen atoms in total. The maximum absolute atomic E-state index is 12.8. The summed E-state index contributed by atoms with van der Waals surface area (Å²) in [7, 11) is 0. The van der Waals surface area contributed by atoms with E-state index in [0.717, 1.165) is 18.4 Å². The number of hydrogen-bond donors (Lipinski definition) is 1. The first-order valence-electron chi connectivity index (χ1n) is 8.03. The molecule has 0 aliphatic rings. The standard InChI is InChI=1S/C19H21ClFNO2/c1-2-18(24-17-7-3-6-15(20)13-17)19(23)22-12-4-5-14-8-10-16(21)11-9-14/h3,6-11,13,18H,2,4-5,12H2,1H3,(H,22,23). The first-order chi connectivity index (χ1) is 11.6. The van der Waals surface area contributed by atoms with E-state index in [1.165, 1.54) is 12.1 Å². The Hall–Kier alpha value is -2.07. The summed E-state index contributed by atoms with van der Waals surface area (Å²) in [6.45, 7) is 2.44. The van der Waals surface area contributed by atoms with Crippen LogP contribution in [0.5, 0.6) is 5.75 Å². The largest absolute Gasteiger partial charge is 0.481 e. The molecule has 2 aromatic carbocycles. The van der Waals surface area contributed by atoms with E-state index in [9.17, 15) is 9.18 Å². The van der Waals surface area contributed by atoms with Crippen LogP contribution in [-0.2, 0) is 11.2 Å². The number of carbonyl (C=O) groups is 1. The average molecular weight is 350 g/mol. The Kier molecular flexibility index (Phi) is 7.07. The lowest BCUT2D eigenvalue weighted by atomic mass is 10.1. The molecule has 24 heavy (non-hydrogen) atoms. The molecule has 2 aromatic rings. The Morgan fingerprint density at radius 1 is 1.25 bits per heavy atom. The smallest absolute Gasteiger partial charge is 0.261 e. The van der Waals surface area contributed by atoms with Crippen molar-refractivity contribution in [3.63, 3.8) is 0 Å². The van der Waals surface area contributed by atoms with Crippen LogP contribution in [0.2, 0.25) is 5.02 Å². The molecule has 1 atom stereocenters. The fourth-order valence-corrected chi connectivity index (χ4v) is 2.48. The van der Waals surface area contributed by atoms with Crippen molar-refractivity contribution in [1.82, 2.24) is 5.32 Å². The number of ether oxygens (including phenoxy) is 1. The van der Waals surface area contributed by atoms with Gasteiger partial charge in [0.1, 0.15) is 11.6 Å². The van der Waals surface area contributed by atoms with Crippen molar-refractivity contribution >= 4 is 17.5 Å². The lowest BCUT2D eigenvalue weighted by Gasteiger charge is -2.17. The SMILES string of the molecule is CCC(Oc1cccc(Cl)c1)C(=O)NCCCc1ccc(F)cc1. The van der Waals surface area contributed by atoms with E-state index >= 15 is 0 Å². The summed E-state index contributed by atoms with van der Waals surface area (Å²) in [5, 5.41) is 3.45. The van der Waals surface area contributed by atoms with Gasteiger partial charge < -0.3 is 10.1 Å². The fraction of sp³-hybridized carbons (Fsp3) is 0.316. The molecule has 0 saturated heterocycles. The molecular formula is C19H21ClFNO2. The van der Waals surface area contributed by atoms with Crippen LogP contribution in [0.4, 0.5) is 4.39 Å². The molecule has 0 aliphatic carbocycles. The van der Waals surface area contributed by atoms with Gasteiger partial charge in [0.25, 0.3) is 5.91 Å². The highest BCUT2D eigenvalue weighted by Gasteiger charge is 2.17. The molecule has 128 valence electrons. The first-order valence-corrected chi connectivity index (χ1v) is 8.40. The summed E-state index contributed by atoms with van der Waals surface area (Å²) >= 11 is 5.92. The van der Waals surface area contributed by atoms with Crippen molar-refractivity contribution in [3.8, 4) is 5.75 Å². The van der Waals surface area contributed by atoms with Crippen LogP contribution in [0.25, 0.3) is 0 Å². The second-order valence-electron chi connectivity index (χ2n) is 5.49. The molecular weight excluding hydrogens is 329 g/mol. The molecule has 0 fully saturated rings. The van der Waals surface area contributed by atoms with E-state index in [2.05, 4.69) is 5.32 Å². The first kappa shape index (κ1) is 18.3. The summed E-state index contributed by atoms with van der Waals surface area (Å²) in [6.07, 6.45) is 1.59. The molecule has 0 aliphatic heterocycles. The molecule has 0 radical (unpaired) electrons. The number of rotatable bonds is 8. The third-order valence-electron chi connectivity index (χ3n) is 3.59. The highest BCUT2D eigenvalue weighted by atomic mass is 35.5. The van der Waals surface area contributed by atoms with Crippen molar-refractivity contribution in [1.29, 1.82) is 0 Å². The van der Waals surface area contributed by atoms with Crippen molar-refractivity contribution < 1.29 is 13.9 Å². The number of aryl methyl sites for hydroxylation is 1. The monoisotopic (exact) mass is 349 g/mol. The lowest BCUT2D eigenvalue weighted by molar-refractivity contribution is -0.128. The zero-order chi connectivity index (χ0) is 17.4. The maximum atomic E-state index is 12.8. The van der Waals surface area contributed by atoms with Gasteiger partial charge in [0.15, 0.2) is 6.10 Å². The van der Waals surface area contributed by atoms with Crippen molar-refractivity contribution in [2.45, 2.75) is 32.3 Å². The van der Waals surface area contributed by atoms with E-state index in [0.29, 0.717) is 23.7 Å². The Bertz CT molecular complexity index is 661. The Morgan fingerprint density at radius 3 is 2.67 bits per heavy atom. The highest BCUT2D eigenvalue weighted by Crippen LogP contribution is 2.19. The molecule has 0 saturated carbocycles. The minimum atomic E-state index is -0.547. The normalized spacial score (nSPS) is 11.8. The quantitative estimate of drug-likeness (QED) is 0.718. The van der Waals surface area contributed by atoms with Gasteiger partial charge in [-0.3, -0.25) is 4.79 Å². The second-order valence-corrected chi connectivity index (χ2v) is 5.93. The third kappa shape index (κ3) is 5.85. The molecule has 0 bridgehead atoms. The predicted octanol–water partition coefficient (Wildman–Crippen LogP) is 4.39. The van der Waals surface area contributed by atoms with Gasteiger partial charge in [-0.05, 0) is 55.2 Å². The van der Waals surface area contributed by atoms with Crippen molar-refractivity contribution in [2.24, 2.45) is 0 Å². The lowest BCUT2D eigenvalue weighted by Crippen LogP contribution is -2.38. The Balaban J connectivity index is 1.76. The molecule has 1 amide bonds. The van der Waals surface area contributed by atoms with Gasteiger partial charge in [-0.1, -0.05) is 36.7 Å². The van der Waals surface area contributed by atoms with Crippen LogP contribution in [0.3, 0.4) is 0 Å². The van der Waals surface area contributed by atoms with Gasteiger partial charge in [-0.25, -0.2) is 4.39 Å². The molecule has 2 rings (SSSR count). The van der Waals surface area contributed by atoms with Crippen LogP contribution >= 0.6 is 11.6 Å². The van der Waals surface area contributed by atoms with E-state index in [4.69, 9.17) is 16.3 Å². The summed E-state index contributed by atoms with van der Waals surface area (Å²) in [5.74, 6) is 0.198. The van der Waals surface area contributed by atoms with Gasteiger partial charge in [-0.2, -0.15) is 0 Å². The van der Waals surface area contributed by atoms with Gasteiger partial charge >= 0.3 is 0 Å². The summed E-state index contributed by atoms with van der Waals surface area (Å²) in [6, 6.07) is 13.4. The minimum Gasteiger partial charge on any atom is -0.481 e. The van der Waals surface area contributed by atoms with Gasteiger partial charge in [0, 0.05) is 11.6 Å². The zero-order valence-corrected chi connectivity index (χ0v) is 14.4. The van der Waals surface area contributed by atoms with Crippen LogP contribution in [-0.4, -0.2) is 18.6 Å². The van der Waals surface area contributed by atoms with Crippen LogP contribution in [0, 0.1) is 5.82 Å². The summed E-state index contributed by atoms with van der Waals surface area (Å²) in [5.41, 5.74) is 1.05. The van der Waals surface area contributed by atoms with Crippen molar-refractivity contribution in [3.05, 3.63) is 64.9 Å². The van der Waals surface area contributed by atoms with E-state index in [1.54, 1.807) is 36.4 Å². The zero-order valence-electron chi connectivity index (χ0n) is 13.6. The number of halogens is 2. The topological polar surface area (TPSA) is 38.3 Å². The Morgan fingerprint density at radius 2 is 2.00 bits per heavy atom. The number of nitrogens with one attached hydrogen (secondary N) is 1. The summed E-state index contributed by atoms with van der Waals surface area (Å²) < 4.78 is 18.5. The highest BCUT2D eigenvalue weighted by molar-refractivity contribution is 6.30. The van der Waals surface area contributed by atoms with Gasteiger partial charge in [0.05, 0.1) is 0 Å². The molecule has 1 unspecified atom stereocenters. The van der Waals surface area contributed by atoms with Gasteiger partial charge in [0.2, 0.25) is 0 Å². The molecule has 0 aromatic heterocycles. The minimum absolute atomic E-state index is 0.142. The van der Waals surface area contributed by atoms with Crippen LogP contribution < -0.4 is 10.1 Å². The van der Waals surface area contributed by atoms with Crippen LogP contribution in [0.1, 0.15) is 25.3 Å². The van der Waals surface area contributed by atoms with E-state index in [-0.39, 0.29) is 11.7 Å². The number of hydrogen-bond acceptors (Lipinski definition) is 2. The predicted molar refractivity (Wildman–Crippen MR) is 93.9 cm³/mol. The Labute approximate surface area is 146 Å². The second kappa shape index (κ2) is 9.28. The molecule has 5 heteroatoms. The van der Waals surface area contributed by atoms with Gasteiger partial charge in [-0.15, -0.1) is 0 Å². The van der Waals surface area contributed by atoms with Crippen molar-refractivity contribution in [2.75, 3.05) is 6.54 Å². The molecule has 0 spiro atoms. The van der Waals surface area contributed by atoms with Crippen LogP contribution in [0.15, 0.2) is 48.5 Å². The summed E-state index contributed by atoms with van der Waals surface area (Å²) in [4.78, 5) is 12.2. The third-order valence-corrected chi connectivity index (χ3v) is 3.83. The van der Waals surface area contributed by atoms with E-state index in [1.807, 2.05) is 6.92 Å². The maximum Gasteiger partial charge on any atom is 0.261 e. The van der Waals surface area contributed by atoms with E-state index < -0.39 is 6.10 Å². The fourth-order valence-electron chi connectivity index (χ4n) is 2.30. The number of benzene rings is 2. The average Bonchev–Trinajstić information content (AvgIpc) is 2.58. The number of carbonyl (C=O) groups excluding carboxylic acids is 1. The molecule has 0 heterocycles. The molecule has 1 N–H and O–H groups in total. The number of amides is 1.